The second kappa shape index (κ2) is 6.34. The number of aromatic nitrogens is 2. The number of nitrogens with one attached hydrogen (secondary N) is 1. The molecule has 1 aromatic carbocycles. The third kappa shape index (κ3) is 3.06. The van der Waals surface area contributed by atoms with Crippen LogP contribution < -0.4 is 5.32 Å². The highest BCUT2D eigenvalue weighted by molar-refractivity contribution is 5.94. The average Bonchev–Trinajstić information content (AvgIpc) is 3.03. The largest absolute Gasteiger partial charge is 0.349 e. The highest BCUT2D eigenvalue weighted by atomic mass is 16.1. The zero-order valence-electron chi connectivity index (χ0n) is 13.2. The van der Waals surface area contributed by atoms with Gasteiger partial charge in [-0.05, 0) is 30.4 Å². The fraction of sp³-hybridized carbons (Fsp3) is 0.444. The Morgan fingerprint density at radius 2 is 2.00 bits per heavy atom. The number of hydrogen-bond donors (Lipinski definition) is 1. The highest BCUT2D eigenvalue weighted by Crippen LogP contribution is 2.29. The van der Waals surface area contributed by atoms with Gasteiger partial charge in [0.1, 0.15) is 0 Å². The van der Waals surface area contributed by atoms with Gasteiger partial charge in [-0.2, -0.15) is 5.10 Å². The van der Waals surface area contributed by atoms with Gasteiger partial charge in [0.2, 0.25) is 0 Å². The van der Waals surface area contributed by atoms with Crippen molar-refractivity contribution in [1.82, 2.24) is 15.1 Å². The van der Waals surface area contributed by atoms with E-state index < -0.39 is 0 Å². The molecule has 3 unspecified atom stereocenters. The molecule has 3 atom stereocenters. The molecule has 116 valence electrons. The number of nitrogens with zero attached hydrogens (tertiary/aromatic N) is 2. The number of rotatable bonds is 3. The molecule has 0 aliphatic heterocycles. The van der Waals surface area contributed by atoms with Gasteiger partial charge in [0.05, 0.1) is 17.4 Å². The van der Waals surface area contributed by atoms with Crippen LogP contribution in [-0.2, 0) is 0 Å². The summed E-state index contributed by atoms with van der Waals surface area (Å²) in [7, 11) is 0. The Morgan fingerprint density at radius 1 is 1.23 bits per heavy atom. The molecule has 1 heterocycles. The van der Waals surface area contributed by atoms with E-state index >= 15 is 0 Å². The van der Waals surface area contributed by atoms with E-state index in [0.29, 0.717) is 17.4 Å². The van der Waals surface area contributed by atoms with E-state index in [0.717, 1.165) is 12.1 Å². The minimum Gasteiger partial charge on any atom is -0.349 e. The molecule has 4 nitrogen and oxygen atoms in total. The van der Waals surface area contributed by atoms with Gasteiger partial charge >= 0.3 is 0 Å². The summed E-state index contributed by atoms with van der Waals surface area (Å²) in [5.74, 6) is 1.18. The quantitative estimate of drug-likeness (QED) is 0.943. The summed E-state index contributed by atoms with van der Waals surface area (Å²) in [6.45, 7) is 4.51. The van der Waals surface area contributed by atoms with E-state index in [1.807, 2.05) is 30.3 Å². The average molecular weight is 297 g/mol. The van der Waals surface area contributed by atoms with Crippen molar-refractivity contribution in [3.05, 3.63) is 48.3 Å². The first-order valence-electron chi connectivity index (χ1n) is 8.06. The van der Waals surface area contributed by atoms with Gasteiger partial charge in [-0.25, -0.2) is 4.68 Å². The van der Waals surface area contributed by atoms with Crippen LogP contribution in [0.1, 0.15) is 43.5 Å². The molecule has 0 bridgehead atoms. The molecular weight excluding hydrogens is 274 g/mol. The van der Waals surface area contributed by atoms with Crippen molar-refractivity contribution in [3.63, 3.8) is 0 Å². The Kier molecular flexibility index (Phi) is 4.27. The van der Waals surface area contributed by atoms with Crippen LogP contribution in [0.15, 0.2) is 42.7 Å². The Bertz CT molecular complexity index is 635. The Morgan fingerprint density at radius 3 is 2.77 bits per heavy atom. The van der Waals surface area contributed by atoms with Crippen LogP contribution in [-0.4, -0.2) is 21.7 Å². The number of benzene rings is 1. The topological polar surface area (TPSA) is 46.9 Å². The van der Waals surface area contributed by atoms with E-state index in [2.05, 4.69) is 24.3 Å². The lowest BCUT2D eigenvalue weighted by atomic mass is 9.78. The second-order valence-electron chi connectivity index (χ2n) is 6.36. The molecule has 1 N–H and O–H groups in total. The molecule has 1 saturated carbocycles. The van der Waals surface area contributed by atoms with Gasteiger partial charge in [-0.1, -0.05) is 44.9 Å². The predicted octanol–water partition coefficient (Wildman–Crippen LogP) is 3.43. The third-order valence-electron chi connectivity index (χ3n) is 4.89. The molecule has 3 rings (SSSR count). The van der Waals surface area contributed by atoms with Gasteiger partial charge in [0, 0.05) is 12.2 Å². The Labute approximate surface area is 131 Å². The van der Waals surface area contributed by atoms with Crippen LogP contribution in [0.3, 0.4) is 0 Å². The number of para-hydroxylation sites is 1. The molecule has 4 heteroatoms. The molecule has 0 saturated heterocycles. The van der Waals surface area contributed by atoms with Crippen LogP contribution in [0, 0.1) is 11.8 Å². The lowest BCUT2D eigenvalue weighted by Crippen LogP contribution is -2.43. The van der Waals surface area contributed by atoms with Gasteiger partial charge in [0.25, 0.3) is 5.91 Å². The molecule has 22 heavy (non-hydrogen) atoms. The Hall–Kier alpha value is -2.10. The van der Waals surface area contributed by atoms with E-state index in [4.69, 9.17) is 0 Å². The monoisotopic (exact) mass is 297 g/mol. The van der Waals surface area contributed by atoms with Crippen molar-refractivity contribution in [2.45, 2.75) is 39.2 Å². The van der Waals surface area contributed by atoms with Crippen molar-refractivity contribution in [2.75, 3.05) is 0 Å². The van der Waals surface area contributed by atoms with Gasteiger partial charge < -0.3 is 5.32 Å². The van der Waals surface area contributed by atoms with Crippen LogP contribution >= 0.6 is 0 Å². The van der Waals surface area contributed by atoms with Crippen LogP contribution in [0.2, 0.25) is 0 Å². The van der Waals surface area contributed by atoms with E-state index in [-0.39, 0.29) is 11.9 Å². The van der Waals surface area contributed by atoms with E-state index in [1.165, 1.54) is 12.8 Å². The summed E-state index contributed by atoms with van der Waals surface area (Å²) in [4.78, 5) is 12.4. The second-order valence-corrected chi connectivity index (χ2v) is 6.36. The smallest absolute Gasteiger partial charge is 0.254 e. The van der Waals surface area contributed by atoms with Crippen LogP contribution in [0.4, 0.5) is 0 Å². The van der Waals surface area contributed by atoms with E-state index in [1.54, 1.807) is 17.1 Å². The van der Waals surface area contributed by atoms with Gasteiger partial charge in [-0.15, -0.1) is 0 Å². The van der Waals surface area contributed by atoms with Crippen molar-refractivity contribution in [1.29, 1.82) is 0 Å². The molecular formula is C18H23N3O. The summed E-state index contributed by atoms with van der Waals surface area (Å²) >= 11 is 0. The van der Waals surface area contributed by atoms with Crippen molar-refractivity contribution < 1.29 is 4.79 Å². The maximum Gasteiger partial charge on any atom is 0.254 e. The molecule has 1 aromatic heterocycles. The normalized spacial score (nSPS) is 24.9. The molecule has 2 aromatic rings. The lowest BCUT2D eigenvalue weighted by molar-refractivity contribution is 0.0891. The van der Waals surface area contributed by atoms with Crippen molar-refractivity contribution in [2.24, 2.45) is 11.8 Å². The molecule has 1 amide bonds. The lowest BCUT2D eigenvalue weighted by Gasteiger charge is -2.34. The molecule has 1 fully saturated rings. The highest BCUT2D eigenvalue weighted by Gasteiger charge is 2.28. The first-order valence-corrected chi connectivity index (χ1v) is 8.06. The maximum atomic E-state index is 12.4. The molecule has 1 aliphatic rings. The number of hydrogen-bond acceptors (Lipinski definition) is 2. The SMILES string of the molecule is CC1CCCC(NC(=O)c2cnn(-c3ccccc3)c2)C1C. The summed E-state index contributed by atoms with van der Waals surface area (Å²) in [5.41, 5.74) is 1.58. The molecule has 1 aliphatic carbocycles. The summed E-state index contributed by atoms with van der Waals surface area (Å²) < 4.78 is 1.74. The summed E-state index contributed by atoms with van der Waals surface area (Å²) in [5, 5.41) is 7.48. The maximum absolute atomic E-state index is 12.4. The standard InChI is InChI=1S/C18H23N3O/c1-13-7-6-10-17(14(13)2)20-18(22)15-11-19-21(12-15)16-8-4-3-5-9-16/h3-5,8-9,11-14,17H,6-7,10H2,1-2H3,(H,20,22). The zero-order chi connectivity index (χ0) is 15.5. The predicted molar refractivity (Wildman–Crippen MR) is 87.0 cm³/mol. The summed E-state index contributed by atoms with van der Waals surface area (Å²) in [6.07, 6.45) is 6.96. The zero-order valence-corrected chi connectivity index (χ0v) is 13.2. The Balaban J connectivity index is 1.69. The van der Waals surface area contributed by atoms with Crippen molar-refractivity contribution >= 4 is 5.91 Å². The van der Waals surface area contributed by atoms with Crippen LogP contribution in [0.25, 0.3) is 5.69 Å². The fourth-order valence-corrected chi connectivity index (χ4v) is 3.20. The minimum atomic E-state index is -0.0202. The van der Waals surface area contributed by atoms with Gasteiger partial charge in [0.15, 0.2) is 0 Å². The number of carbonyl (C=O) groups excluding carboxylic acids is 1. The first kappa shape index (κ1) is 14.8. The summed E-state index contributed by atoms with van der Waals surface area (Å²) in [6, 6.07) is 10.1. The first-order chi connectivity index (χ1) is 10.6. The van der Waals surface area contributed by atoms with Gasteiger partial charge in [-0.3, -0.25) is 4.79 Å². The third-order valence-corrected chi connectivity index (χ3v) is 4.89. The fourth-order valence-electron chi connectivity index (χ4n) is 3.20. The molecule has 0 radical (unpaired) electrons. The number of carbonyl (C=O) groups is 1. The number of amides is 1. The van der Waals surface area contributed by atoms with E-state index in [9.17, 15) is 4.79 Å². The molecule has 0 spiro atoms. The minimum absolute atomic E-state index is 0.0202. The van der Waals surface area contributed by atoms with Crippen LogP contribution in [0.5, 0.6) is 0 Å². The van der Waals surface area contributed by atoms with Crippen molar-refractivity contribution in [3.8, 4) is 5.69 Å².